The molecule has 1 amide bonds. The third-order valence-corrected chi connectivity index (χ3v) is 3.48. The fraction of sp³-hybridized carbons (Fsp3) is 0.375. The van der Waals surface area contributed by atoms with Crippen molar-refractivity contribution in [2.24, 2.45) is 0 Å². The second-order valence-corrected chi connectivity index (χ2v) is 5.34. The van der Waals surface area contributed by atoms with Gasteiger partial charge in [0, 0.05) is 24.2 Å². The standard InChI is InChI=1S/C16H21N3O4/c1-18(2)7-6-12-9-19(16(21)23-11-17-10-20)15-8-13(22-3)4-5-14(12)15/h4-5,8-10H,6-7,11H2,1-3H3,(H,17,20). The summed E-state index contributed by atoms with van der Waals surface area (Å²) in [5, 5.41) is 3.28. The molecule has 0 spiro atoms. The Labute approximate surface area is 134 Å². The predicted octanol–water partition coefficient (Wildman–Crippen LogP) is 1.44. The van der Waals surface area contributed by atoms with Crippen molar-refractivity contribution < 1.29 is 19.1 Å². The highest BCUT2D eigenvalue weighted by molar-refractivity contribution is 5.92. The van der Waals surface area contributed by atoms with E-state index in [9.17, 15) is 9.59 Å². The summed E-state index contributed by atoms with van der Waals surface area (Å²) in [6.07, 6.45) is 2.51. The van der Waals surface area contributed by atoms with Crippen LogP contribution in [-0.2, 0) is 16.0 Å². The van der Waals surface area contributed by atoms with Crippen LogP contribution in [0.3, 0.4) is 0 Å². The zero-order valence-corrected chi connectivity index (χ0v) is 13.5. The van der Waals surface area contributed by atoms with Gasteiger partial charge >= 0.3 is 6.09 Å². The number of carbonyl (C=O) groups is 2. The minimum atomic E-state index is -0.547. The Morgan fingerprint density at radius 1 is 1.39 bits per heavy atom. The van der Waals surface area contributed by atoms with Crippen LogP contribution in [0.4, 0.5) is 4.79 Å². The van der Waals surface area contributed by atoms with Crippen LogP contribution in [0.15, 0.2) is 24.4 Å². The molecule has 0 unspecified atom stereocenters. The second kappa shape index (κ2) is 7.64. The molecule has 0 saturated heterocycles. The Bertz CT molecular complexity index is 694. The summed E-state index contributed by atoms with van der Waals surface area (Å²) in [6, 6.07) is 5.60. The van der Waals surface area contributed by atoms with Crippen molar-refractivity contribution >= 4 is 23.4 Å². The van der Waals surface area contributed by atoms with Gasteiger partial charge in [-0.15, -0.1) is 0 Å². The summed E-state index contributed by atoms with van der Waals surface area (Å²) in [6.45, 7) is 0.700. The number of aromatic nitrogens is 1. The number of amides is 1. The molecule has 23 heavy (non-hydrogen) atoms. The van der Waals surface area contributed by atoms with Gasteiger partial charge in [0.25, 0.3) is 0 Å². The quantitative estimate of drug-likeness (QED) is 0.475. The van der Waals surface area contributed by atoms with Crippen molar-refractivity contribution in [1.29, 1.82) is 0 Å². The number of nitrogens with one attached hydrogen (secondary N) is 1. The molecule has 0 aliphatic rings. The maximum Gasteiger partial charge on any atom is 0.420 e. The van der Waals surface area contributed by atoms with Crippen molar-refractivity contribution in [3.05, 3.63) is 30.0 Å². The molecule has 0 bridgehead atoms. The van der Waals surface area contributed by atoms with Gasteiger partial charge in [-0.2, -0.15) is 0 Å². The molecule has 7 nitrogen and oxygen atoms in total. The Kier molecular flexibility index (Phi) is 5.59. The highest BCUT2D eigenvalue weighted by atomic mass is 16.6. The average Bonchev–Trinajstić information content (AvgIpc) is 2.91. The number of hydrogen-bond donors (Lipinski definition) is 1. The number of carbonyl (C=O) groups excluding carboxylic acids is 2. The highest BCUT2D eigenvalue weighted by Gasteiger charge is 2.15. The molecule has 2 aromatic rings. The molecule has 124 valence electrons. The first-order valence-electron chi connectivity index (χ1n) is 7.23. The van der Waals surface area contributed by atoms with E-state index in [0.717, 1.165) is 23.9 Å². The van der Waals surface area contributed by atoms with Gasteiger partial charge in [0.2, 0.25) is 6.41 Å². The summed E-state index contributed by atoms with van der Waals surface area (Å²) in [7, 11) is 5.58. The Balaban J connectivity index is 2.36. The normalized spacial score (nSPS) is 10.8. The Morgan fingerprint density at radius 3 is 2.83 bits per heavy atom. The molecular formula is C16H21N3O4. The fourth-order valence-corrected chi connectivity index (χ4v) is 2.31. The van der Waals surface area contributed by atoms with Gasteiger partial charge in [-0.05, 0) is 38.2 Å². The van der Waals surface area contributed by atoms with Crippen molar-refractivity contribution in [2.45, 2.75) is 6.42 Å². The Morgan fingerprint density at radius 2 is 2.17 bits per heavy atom. The third-order valence-electron chi connectivity index (χ3n) is 3.48. The maximum atomic E-state index is 12.2. The lowest BCUT2D eigenvalue weighted by atomic mass is 10.1. The maximum absolute atomic E-state index is 12.2. The van der Waals surface area contributed by atoms with Gasteiger partial charge < -0.3 is 19.7 Å². The first-order chi connectivity index (χ1) is 11.1. The van der Waals surface area contributed by atoms with E-state index in [2.05, 4.69) is 10.2 Å². The van der Waals surface area contributed by atoms with E-state index < -0.39 is 6.09 Å². The summed E-state index contributed by atoms with van der Waals surface area (Å²) in [5.41, 5.74) is 1.77. The van der Waals surface area contributed by atoms with Crippen molar-refractivity contribution in [3.8, 4) is 5.75 Å². The van der Waals surface area contributed by atoms with Crippen LogP contribution in [0.1, 0.15) is 5.56 Å². The molecule has 0 saturated carbocycles. The molecule has 0 aliphatic heterocycles. The van der Waals surface area contributed by atoms with Gasteiger partial charge in [0.15, 0.2) is 6.73 Å². The number of methoxy groups -OCH3 is 1. The van der Waals surface area contributed by atoms with Crippen LogP contribution in [0, 0.1) is 0 Å². The number of benzene rings is 1. The van der Waals surface area contributed by atoms with Crippen molar-refractivity contribution in [2.75, 3.05) is 34.5 Å². The molecule has 0 atom stereocenters. The topological polar surface area (TPSA) is 72.8 Å². The van der Waals surface area contributed by atoms with E-state index in [4.69, 9.17) is 9.47 Å². The molecule has 0 aliphatic carbocycles. The zero-order chi connectivity index (χ0) is 16.8. The minimum absolute atomic E-state index is 0.168. The van der Waals surface area contributed by atoms with Gasteiger partial charge in [-0.1, -0.05) is 0 Å². The SMILES string of the molecule is COc1ccc2c(CCN(C)C)cn(C(=O)OCNC=O)c2c1. The molecule has 2 rings (SSSR count). The lowest BCUT2D eigenvalue weighted by molar-refractivity contribution is -0.110. The van der Waals surface area contributed by atoms with Gasteiger partial charge in [0.05, 0.1) is 12.6 Å². The molecule has 1 N–H and O–H groups in total. The van der Waals surface area contributed by atoms with E-state index in [1.54, 1.807) is 19.4 Å². The number of nitrogens with zero attached hydrogens (tertiary/aromatic N) is 2. The van der Waals surface area contributed by atoms with Crippen molar-refractivity contribution in [1.82, 2.24) is 14.8 Å². The van der Waals surface area contributed by atoms with E-state index in [-0.39, 0.29) is 6.73 Å². The molecule has 1 heterocycles. The van der Waals surface area contributed by atoms with Crippen LogP contribution < -0.4 is 10.1 Å². The van der Waals surface area contributed by atoms with Crippen LogP contribution in [0.25, 0.3) is 10.9 Å². The lowest BCUT2D eigenvalue weighted by Crippen LogP contribution is -2.22. The monoisotopic (exact) mass is 319 g/mol. The van der Waals surface area contributed by atoms with E-state index in [1.165, 1.54) is 4.57 Å². The summed E-state index contributed by atoms with van der Waals surface area (Å²) in [4.78, 5) is 24.5. The largest absolute Gasteiger partial charge is 0.497 e. The molecule has 0 radical (unpaired) electrons. The highest BCUT2D eigenvalue weighted by Crippen LogP contribution is 2.26. The van der Waals surface area contributed by atoms with Gasteiger partial charge in [-0.25, -0.2) is 4.79 Å². The number of fused-ring (bicyclic) bond motifs is 1. The van der Waals surface area contributed by atoms with Crippen LogP contribution in [0.5, 0.6) is 5.75 Å². The van der Waals surface area contributed by atoms with Crippen LogP contribution in [0.2, 0.25) is 0 Å². The number of ether oxygens (including phenoxy) is 2. The fourth-order valence-electron chi connectivity index (χ4n) is 2.31. The number of rotatable bonds is 7. The third kappa shape index (κ3) is 4.01. The van der Waals surface area contributed by atoms with E-state index >= 15 is 0 Å². The zero-order valence-electron chi connectivity index (χ0n) is 13.5. The summed E-state index contributed by atoms with van der Waals surface area (Å²) in [5.74, 6) is 0.662. The molecule has 1 aromatic heterocycles. The van der Waals surface area contributed by atoms with E-state index in [0.29, 0.717) is 17.7 Å². The first-order valence-corrected chi connectivity index (χ1v) is 7.23. The van der Waals surface area contributed by atoms with Gasteiger partial charge in [-0.3, -0.25) is 9.36 Å². The molecule has 0 fully saturated rings. The second-order valence-electron chi connectivity index (χ2n) is 5.34. The first kappa shape index (κ1) is 16.8. The smallest absolute Gasteiger partial charge is 0.420 e. The van der Waals surface area contributed by atoms with E-state index in [1.807, 2.05) is 26.2 Å². The average molecular weight is 319 g/mol. The Hall–Kier alpha value is -2.54. The van der Waals surface area contributed by atoms with Crippen LogP contribution >= 0.6 is 0 Å². The molecular weight excluding hydrogens is 298 g/mol. The lowest BCUT2D eigenvalue weighted by Gasteiger charge is -2.08. The summed E-state index contributed by atoms with van der Waals surface area (Å²) < 4.78 is 11.7. The van der Waals surface area contributed by atoms with Gasteiger partial charge in [0.1, 0.15) is 5.75 Å². The minimum Gasteiger partial charge on any atom is -0.497 e. The molecule has 1 aromatic carbocycles. The number of hydrogen-bond acceptors (Lipinski definition) is 5. The van der Waals surface area contributed by atoms with Crippen molar-refractivity contribution in [3.63, 3.8) is 0 Å². The predicted molar refractivity (Wildman–Crippen MR) is 86.7 cm³/mol. The number of likely N-dealkylation sites (N-methyl/N-ethyl adjacent to an activating group) is 1. The molecule has 7 heteroatoms. The van der Waals surface area contributed by atoms with Crippen LogP contribution in [-0.4, -0.2) is 56.5 Å². The summed E-state index contributed by atoms with van der Waals surface area (Å²) >= 11 is 0.